The Hall–Kier alpha value is -2.39. The second kappa shape index (κ2) is 6.16. The molecule has 3 aromatic rings. The van der Waals surface area contributed by atoms with E-state index in [1.54, 1.807) is 0 Å². The molecule has 110 valence electrons. The monoisotopic (exact) mass is 309 g/mol. The number of nitrogens with one attached hydrogen (secondary N) is 1. The van der Waals surface area contributed by atoms with Gasteiger partial charge in [-0.05, 0) is 26.0 Å². The smallest absolute Gasteiger partial charge is 0.134 e. The minimum atomic E-state index is 0.663. The lowest BCUT2D eigenvalue weighted by Gasteiger charge is -2.10. The summed E-state index contributed by atoms with van der Waals surface area (Å²) in [5.74, 6) is 1.45. The second-order valence-electron chi connectivity index (χ2n) is 5.16. The first-order valence-corrected chi connectivity index (χ1v) is 7.44. The van der Waals surface area contributed by atoms with Gasteiger partial charge in [0.05, 0.1) is 16.4 Å². The minimum absolute atomic E-state index is 0.663. The maximum atomic E-state index is 6.18. The van der Waals surface area contributed by atoms with Gasteiger partial charge in [-0.2, -0.15) is 0 Å². The third kappa shape index (κ3) is 3.26. The zero-order valence-corrected chi connectivity index (χ0v) is 13.2. The van der Waals surface area contributed by atoms with Gasteiger partial charge in [0.2, 0.25) is 0 Å². The molecule has 0 aliphatic rings. The zero-order chi connectivity index (χ0) is 15.5. The van der Waals surface area contributed by atoms with Gasteiger partial charge in [0.15, 0.2) is 0 Å². The summed E-state index contributed by atoms with van der Waals surface area (Å²) in [6.07, 6.45) is 0. The Morgan fingerprint density at radius 1 is 0.909 bits per heavy atom. The second-order valence-corrected chi connectivity index (χ2v) is 5.56. The number of para-hydroxylation sites is 1. The Labute approximate surface area is 135 Å². The third-order valence-electron chi connectivity index (χ3n) is 3.32. The maximum Gasteiger partial charge on any atom is 0.134 e. The van der Waals surface area contributed by atoms with E-state index in [0.717, 1.165) is 22.8 Å². The SMILES string of the molecule is Cc1ccc(-c2cc(Nc3ccccc3Cl)nc(C)n2)cc1. The van der Waals surface area contributed by atoms with Crippen LogP contribution in [0.15, 0.2) is 54.6 Å². The molecule has 0 spiro atoms. The molecule has 0 unspecified atom stereocenters. The summed E-state index contributed by atoms with van der Waals surface area (Å²) >= 11 is 6.18. The molecule has 4 heteroatoms. The molecular formula is C18H16ClN3. The Morgan fingerprint density at radius 3 is 2.36 bits per heavy atom. The normalized spacial score (nSPS) is 10.5. The molecule has 0 fully saturated rings. The molecule has 0 saturated heterocycles. The molecule has 0 aliphatic carbocycles. The highest BCUT2D eigenvalue weighted by atomic mass is 35.5. The molecule has 0 aliphatic heterocycles. The van der Waals surface area contributed by atoms with Crippen LogP contribution in [0.2, 0.25) is 5.02 Å². The van der Waals surface area contributed by atoms with Gasteiger partial charge < -0.3 is 5.32 Å². The summed E-state index contributed by atoms with van der Waals surface area (Å²) in [6, 6.07) is 17.8. The van der Waals surface area contributed by atoms with E-state index >= 15 is 0 Å². The zero-order valence-electron chi connectivity index (χ0n) is 12.5. The van der Waals surface area contributed by atoms with Crippen LogP contribution in [0, 0.1) is 13.8 Å². The van der Waals surface area contributed by atoms with Gasteiger partial charge in [0.1, 0.15) is 11.6 Å². The predicted molar refractivity (Wildman–Crippen MR) is 91.7 cm³/mol. The number of aromatic nitrogens is 2. The first-order chi connectivity index (χ1) is 10.6. The molecule has 0 bridgehead atoms. The van der Waals surface area contributed by atoms with Gasteiger partial charge in [-0.1, -0.05) is 53.6 Å². The average molecular weight is 310 g/mol. The molecule has 22 heavy (non-hydrogen) atoms. The number of benzene rings is 2. The largest absolute Gasteiger partial charge is 0.339 e. The lowest BCUT2D eigenvalue weighted by molar-refractivity contribution is 1.06. The van der Waals surface area contributed by atoms with Crippen LogP contribution in [0.5, 0.6) is 0 Å². The van der Waals surface area contributed by atoms with Crippen LogP contribution in [-0.4, -0.2) is 9.97 Å². The van der Waals surface area contributed by atoms with Gasteiger partial charge in [-0.15, -0.1) is 0 Å². The van der Waals surface area contributed by atoms with E-state index in [2.05, 4.69) is 46.5 Å². The number of rotatable bonds is 3. The number of anilines is 2. The molecule has 1 heterocycles. The number of halogens is 1. The Kier molecular flexibility index (Phi) is 4.07. The van der Waals surface area contributed by atoms with Crippen LogP contribution in [0.25, 0.3) is 11.3 Å². The van der Waals surface area contributed by atoms with E-state index in [1.165, 1.54) is 5.56 Å². The average Bonchev–Trinajstić information content (AvgIpc) is 2.50. The predicted octanol–water partition coefficient (Wildman–Crippen LogP) is 5.16. The molecule has 1 aromatic heterocycles. The fourth-order valence-corrected chi connectivity index (χ4v) is 2.39. The molecule has 0 amide bonds. The molecule has 1 N–H and O–H groups in total. The molecule has 0 atom stereocenters. The quantitative estimate of drug-likeness (QED) is 0.726. The van der Waals surface area contributed by atoms with Gasteiger partial charge in [-0.25, -0.2) is 9.97 Å². The van der Waals surface area contributed by atoms with Gasteiger partial charge in [0.25, 0.3) is 0 Å². The summed E-state index contributed by atoms with van der Waals surface area (Å²) in [5, 5.41) is 3.91. The van der Waals surface area contributed by atoms with Crippen LogP contribution < -0.4 is 5.32 Å². The van der Waals surface area contributed by atoms with Crippen LogP contribution in [0.3, 0.4) is 0 Å². The Bertz CT molecular complexity index is 798. The number of nitrogens with zero attached hydrogens (tertiary/aromatic N) is 2. The first-order valence-electron chi connectivity index (χ1n) is 7.06. The van der Waals surface area contributed by atoms with Crippen molar-refractivity contribution in [2.45, 2.75) is 13.8 Å². The molecule has 3 nitrogen and oxygen atoms in total. The van der Waals surface area contributed by atoms with Crippen LogP contribution in [0.4, 0.5) is 11.5 Å². The molecule has 0 saturated carbocycles. The topological polar surface area (TPSA) is 37.8 Å². The fraction of sp³-hybridized carbons (Fsp3) is 0.111. The summed E-state index contributed by atoms with van der Waals surface area (Å²) in [7, 11) is 0. The molecule has 2 aromatic carbocycles. The van der Waals surface area contributed by atoms with Crippen molar-refractivity contribution in [3.8, 4) is 11.3 Å². The summed E-state index contributed by atoms with van der Waals surface area (Å²) < 4.78 is 0. The maximum absolute atomic E-state index is 6.18. The first kappa shape index (κ1) is 14.5. The highest BCUT2D eigenvalue weighted by molar-refractivity contribution is 6.33. The van der Waals surface area contributed by atoms with Crippen molar-refractivity contribution in [2.24, 2.45) is 0 Å². The lowest BCUT2D eigenvalue weighted by atomic mass is 10.1. The van der Waals surface area contributed by atoms with E-state index in [-0.39, 0.29) is 0 Å². The van der Waals surface area contributed by atoms with Crippen molar-refractivity contribution < 1.29 is 0 Å². The van der Waals surface area contributed by atoms with Crippen LogP contribution in [0.1, 0.15) is 11.4 Å². The number of hydrogen-bond acceptors (Lipinski definition) is 3. The lowest BCUT2D eigenvalue weighted by Crippen LogP contribution is -1.99. The van der Waals surface area contributed by atoms with E-state index in [9.17, 15) is 0 Å². The number of aryl methyl sites for hydroxylation is 2. The fourth-order valence-electron chi connectivity index (χ4n) is 2.20. The summed E-state index contributed by atoms with van der Waals surface area (Å²) in [4.78, 5) is 8.95. The van der Waals surface area contributed by atoms with E-state index < -0.39 is 0 Å². The highest BCUT2D eigenvalue weighted by Crippen LogP contribution is 2.26. The van der Waals surface area contributed by atoms with Crippen molar-refractivity contribution in [2.75, 3.05) is 5.32 Å². The Morgan fingerprint density at radius 2 is 1.64 bits per heavy atom. The molecular weight excluding hydrogens is 294 g/mol. The van der Waals surface area contributed by atoms with Crippen molar-refractivity contribution in [1.29, 1.82) is 0 Å². The Balaban J connectivity index is 1.96. The molecule has 0 radical (unpaired) electrons. The van der Waals surface area contributed by atoms with Gasteiger partial charge >= 0.3 is 0 Å². The van der Waals surface area contributed by atoms with Crippen LogP contribution >= 0.6 is 11.6 Å². The molecule has 3 rings (SSSR count). The van der Waals surface area contributed by atoms with Crippen molar-refractivity contribution in [1.82, 2.24) is 9.97 Å². The summed E-state index contributed by atoms with van der Waals surface area (Å²) in [5.41, 5.74) is 4.02. The van der Waals surface area contributed by atoms with E-state index in [4.69, 9.17) is 11.6 Å². The highest BCUT2D eigenvalue weighted by Gasteiger charge is 2.06. The number of hydrogen-bond donors (Lipinski definition) is 1. The van der Waals surface area contributed by atoms with E-state index in [0.29, 0.717) is 10.8 Å². The standard InChI is InChI=1S/C18H16ClN3/c1-12-7-9-14(10-8-12)17-11-18(21-13(2)20-17)22-16-6-4-3-5-15(16)19/h3-11H,1-2H3,(H,20,21,22). The summed E-state index contributed by atoms with van der Waals surface area (Å²) in [6.45, 7) is 3.95. The van der Waals surface area contributed by atoms with Gasteiger partial charge in [0, 0.05) is 11.6 Å². The third-order valence-corrected chi connectivity index (χ3v) is 3.65. The van der Waals surface area contributed by atoms with Crippen molar-refractivity contribution >= 4 is 23.1 Å². The van der Waals surface area contributed by atoms with Crippen LogP contribution in [-0.2, 0) is 0 Å². The van der Waals surface area contributed by atoms with Crippen molar-refractivity contribution in [3.05, 3.63) is 71.0 Å². The minimum Gasteiger partial charge on any atom is -0.339 e. The van der Waals surface area contributed by atoms with Crippen molar-refractivity contribution in [3.63, 3.8) is 0 Å². The van der Waals surface area contributed by atoms with Gasteiger partial charge in [-0.3, -0.25) is 0 Å². The van der Waals surface area contributed by atoms with E-state index in [1.807, 2.05) is 37.3 Å².